The number of non-ortho nitro benzene ring substituents is 1. The van der Waals surface area contributed by atoms with Crippen molar-refractivity contribution in [3.05, 3.63) is 75.3 Å². The molecular formula is C21H20F3N3O6. The van der Waals surface area contributed by atoms with Gasteiger partial charge in [-0.2, -0.15) is 13.2 Å². The molecule has 0 aromatic heterocycles. The first-order chi connectivity index (χ1) is 15.5. The highest BCUT2D eigenvalue weighted by atomic mass is 19.4. The largest absolute Gasteiger partial charge is 0.466 e. The van der Waals surface area contributed by atoms with Crippen molar-refractivity contribution in [3.63, 3.8) is 0 Å². The average Bonchev–Trinajstić information content (AvgIpc) is 2.75. The highest BCUT2D eigenvalue weighted by molar-refractivity contribution is 5.99. The minimum Gasteiger partial charge on any atom is -0.466 e. The number of benzene rings is 2. The van der Waals surface area contributed by atoms with Crippen LogP contribution in [0.25, 0.3) is 0 Å². The lowest BCUT2D eigenvalue weighted by Crippen LogP contribution is -2.49. The van der Waals surface area contributed by atoms with E-state index < -0.39 is 58.4 Å². The minimum absolute atomic E-state index is 0.0123. The van der Waals surface area contributed by atoms with E-state index in [4.69, 9.17) is 10.5 Å². The van der Waals surface area contributed by atoms with Gasteiger partial charge in [0, 0.05) is 18.1 Å². The molecule has 0 aliphatic heterocycles. The average molecular weight is 467 g/mol. The third kappa shape index (κ3) is 6.51. The maximum Gasteiger partial charge on any atom is 0.417 e. The molecule has 2 aromatic carbocycles. The maximum absolute atomic E-state index is 13.3. The highest BCUT2D eigenvalue weighted by Crippen LogP contribution is 2.32. The monoisotopic (exact) mass is 467 g/mol. The summed E-state index contributed by atoms with van der Waals surface area (Å²) >= 11 is 0. The van der Waals surface area contributed by atoms with Crippen molar-refractivity contribution in [2.45, 2.75) is 31.5 Å². The van der Waals surface area contributed by atoms with Crippen molar-refractivity contribution < 1.29 is 37.2 Å². The number of carbonyl (C=O) groups is 3. The first kappa shape index (κ1) is 25.3. The zero-order valence-corrected chi connectivity index (χ0v) is 17.3. The van der Waals surface area contributed by atoms with Crippen LogP contribution in [0.5, 0.6) is 0 Å². The predicted octanol–water partition coefficient (Wildman–Crippen LogP) is 2.93. The van der Waals surface area contributed by atoms with Gasteiger partial charge < -0.3 is 15.8 Å². The van der Waals surface area contributed by atoms with E-state index >= 15 is 0 Å². The lowest BCUT2D eigenvalue weighted by Gasteiger charge is -2.26. The van der Waals surface area contributed by atoms with E-state index in [2.05, 4.69) is 5.32 Å². The molecule has 0 aliphatic rings. The summed E-state index contributed by atoms with van der Waals surface area (Å²) in [5, 5.41) is 13.1. The Labute approximate surface area is 185 Å². The van der Waals surface area contributed by atoms with Crippen LogP contribution in [-0.2, 0) is 20.5 Å². The normalized spacial score (nSPS) is 13.0. The summed E-state index contributed by atoms with van der Waals surface area (Å²) in [5.41, 5.74) is 3.40. The third-order valence-corrected chi connectivity index (χ3v) is 4.70. The molecule has 0 aliphatic carbocycles. The predicted molar refractivity (Wildman–Crippen MR) is 109 cm³/mol. The van der Waals surface area contributed by atoms with E-state index in [1.807, 2.05) is 0 Å². The fraction of sp³-hybridized carbons (Fsp3) is 0.286. The van der Waals surface area contributed by atoms with Gasteiger partial charge in [0.1, 0.15) is 6.04 Å². The van der Waals surface area contributed by atoms with Gasteiger partial charge in [-0.05, 0) is 24.6 Å². The standard InChI is InChI=1S/C21H20F3N3O6/c1-2-33-17(28)11-15(12-7-9-13(10-8-12)27(31)32)18(19(25)29)26-20(30)14-5-3-4-6-16(14)21(22,23)24/h3-10,15,18H,2,11H2,1H3,(H2,25,29)(H,26,30)/t15-,18+/m0/s1. The number of hydrogen-bond acceptors (Lipinski definition) is 6. The third-order valence-electron chi connectivity index (χ3n) is 4.70. The second-order valence-electron chi connectivity index (χ2n) is 6.86. The fourth-order valence-electron chi connectivity index (χ4n) is 3.19. The number of hydrogen-bond donors (Lipinski definition) is 2. The van der Waals surface area contributed by atoms with Gasteiger partial charge in [-0.15, -0.1) is 0 Å². The molecule has 2 aromatic rings. The van der Waals surface area contributed by atoms with E-state index in [0.29, 0.717) is 6.07 Å². The highest BCUT2D eigenvalue weighted by Gasteiger charge is 2.37. The number of primary amides is 1. The van der Waals surface area contributed by atoms with Crippen LogP contribution in [0.1, 0.15) is 40.7 Å². The molecule has 2 amide bonds. The van der Waals surface area contributed by atoms with Gasteiger partial charge in [0.15, 0.2) is 0 Å². The molecule has 0 spiro atoms. The van der Waals surface area contributed by atoms with E-state index in [0.717, 1.165) is 24.3 Å². The van der Waals surface area contributed by atoms with Crippen molar-refractivity contribution in [3.8, 4) is 0 Å². The molecule has 0 saturated heterocycles. The SMILES string of the molecule is CCOC(=O)C[C@@H](c1ccc([N+](=O)[O-])cc1)[C@@H](NC(=O)c1ccccc1C(F)(F)F)C(N)=O. The molecule has 9 nitrogen and oxygen atoms in total. The number of amides is 2. The van der Waals surface area contributed by atoms with Gasteiger partial charge >= 0.3 is 12.1 Å². The topological polar surface area (TPSA) is 142 Å². The molecule has 3 N–H and O–H groups in total. The second kappa shape index (κ2) is 10.6. The van der Waals surface area contributed by atoms with Crippen LogP contribution in [0.2, 0.25) is 0 Å². The van der Waals surface area contributed by atoms with Crippen LogP contribution in [0, 0.1) is 10.1 Å². The number of halogens is 3. The number of nitrogens with zero attached hydrogens (tertiary/aromatic N) is 1. The Bertz CT molecular complexity index is 1040. The summed E-state index contributed by atoms with van der Waals surface area (Å²) in [4.78, 5) is 47.3. The Morgan fingerprint density at radius 2 is 1.73 bits per heavy atom. The van der Waals surface area contributed by atoms with Crippen molar-refractivity contribution >= 4 is 23.5 Å². The van der Waals surface area contributed by atoms with E-state index in [9.17, 15) is 37.7 Å². The van der Waals surface area contributed by atoms with Crippen molar-refractivity contribution in [2.24, 2.45) is 5.73 Å². The van der Waals surface area contributed by atoms with Crippen molar-refractivity contribution in [1.82, 2.24) is 5.32 Å². The number of carbonyl (C=O) groups excluding carboxylic acids is 3. The Morgan fingerprint density at radius 1 is 1.12 bits per heavy atom. The summed E-state index contributed by atoms with van der Waals surface area (Å²) in [6, 6.07) is 7.09. The minimum atomic E-state index is -4.83. The Balaban J connectivity index is 2.45. The summed E-state index contributed by atoms with van der Waals surface area (Å²) in [6.45, 7) is 1.55. The molecule has 0 radical (unpaired) electrons. The van der Waals surface area contributed by atoms with Gasteiger partial charge in [0.2, 0.25) is 5.91 Å². The number of nitro groups is 1. The van der Waals surface area contributed by atoms with Crippen LogP contribution >= 0.6 is 0 Å². The second-order valence-corrected chi connectivity index (χ2v) is 6.86. The number of rotatable bonds is 9. The summed E-state index contributed by atoms with van der Waals surface area (Å²) in [7, 11) is 0. The molecule has 0 fully saturated rings. The maximum atomic E-state index is 13.3. The molecule has 0 unspecified atom stereocenters. The van der Waals surface area contributed by atoms with Gasteiger partial charge in [-0.25, -0.2) is 0 Å². The van der Waals surface area contributed by atoms with Crippen LogP contribution in [0.15, 0.2) is 48.5 Å². The lowest BCUT2D eigenvalue weighted by molar-refractivity contribution is -0.384. The smallest absolute Gasteiger partial charge is 0.417 e. The molecule has 2 rings (SSSR count). The number of nitrogens with one attached hydrogen (secondary N) is 1. The zero-order valence-electron chi connectivity index (χ0n) is 17.3. The number of nitro benzene ring substituents is 1. The molecule has 2 atom stereocenters. The van der Waals surface area contributed by atoms with E-state index in [-0.39, 0.29) is 17.9 Å². The zero-order chi connectivity index (χ0) is 24.8. The van der Waals surface area contributed by atoms with Crippen molar-refractivity contribution in [2.75, 3.05) is 6.61 Å². The summed E-state index contributed by atoms with van der Waals surface area (Å²) < 4.78 is 44.8. The first-order valence-corrected chi connectivity index (χ1v) is 9.62. The number of esters is 1. The quantitative estimate of drug-likeness (QED) is 0.330. The molecule has 12 heteroatoms. The Kier molecular flexibility index (Phi) is 8.10. The van der Waals surface area contributed by atoms with Gasteiger partial charge in [-0.3, -0.25) is 24.5 Å². The van der Waals surface area contributed by atoms with E-state index in [1.54, 1.807) is 6.92 Å². The Morgan fingerprint density at radius 3 is 2.24 bits per heavy atom. The van der Waals surface area contributed by atoms with Crippen LogP contribution in [0.4, 0.5) is 18.9 Å². The summed E-state index contributed by atoms with van der Waals surface area (Å²) in [5.74, 6) is -4.29. The number of ether oxygens (including phenoxy) is 1. The van der Waals surface area contributed by atoms with E-state index in [1.165, 1.54) is 18.2 Å². The van der Waals surface area contributed by atoms with Crippen molar-refractivity contribution in [1.29, 1.82) is 0 Å². The number of nitrogens with two attached hydrogens (primary N) is 1. The molecule has 0 heterocycles. The first-order valence-electron chi connectivity index (χ1n) is 9.62. The Hall–Kier alpha value is -3.96. The van der Waals surface area contributed by atoms with Crippen LogP contribution in [0.3, 0.4) is 0 Å². The fourth-order valence-corrected chi connectivity index (χ4v) is 3.19. The molecular weight excluding hydrogens is 447 g/mol. The van der Waals surface area contributed by atoms with Crippen LogP contribution < -0.4 is 11.1 Å². The lowest BCUT2D eigenvalue weighted by atomic mass is 9.87. The molecule has 0 bridgehead atoms. The van der Waals surface area contributed by atoms with Crippen LogP contribution in [-0.4, -0.2) is 35.4 Å². The molecule has 0 saturated carbocycles. The molecule has 176 valence electrons. The van der Waals surface area contributed by atoms with Gasteiger partial charge in [0.25, 0.3) is 11.6 Å². The molecule has 33 heavy (non-hydrogen) atoms. The van der Waals surface area contributed by atoms with Gasteiger partial charge in [-0.1, -0.05) is 24.3 Å². The summed E-state index contributed by atoms with van der Waals surface area (Å²) in [6.07, 6.45) is -5.31. The number of alkyl halides is 3. The van der Waals surface area contributed by atoms with Gasteiger partial charge in [0.05, 0.1) is 29.1 Å².